The van der Waals surface area contributed by atoms with E-state index in [9.17, 15) is 8.42 Å². The molecular weight excluding hydrogens is 448 g/mol. The zero-order valence-electron chi connectivity index (χ0n) is 17.0. The third-order valence-corrected chi connectivity index (χ3v) is 9.14. The fourth-order valence-corrected chi connectivity index (χ4v) is 7.40. The number of aromatic nitrogens is 1. The van der Waals surface area contributed by atoms with Crippen molar-refractivity contribution in [2.24, 2.45) is 0 Å². The Morgan fingerprint density at radius 1 is 0.935 bits per heavy atom. The number of fused-ring (bicyclic) bond motifs is 2. The number of thiophene rings is 1. The summed E-state index contributed by atoms with van der Waals surface area (Å²) in [5.41, 5.74) is 0. The Balaban J connectivity index is 1.11. The largest absolute Gasteiger partial charge is 0.353 e. The van der Waals surface area contributed by atoms with Crippen molar-refractivity contribution in [3.05, 3.63) is 53.9 Å². The summed E-state index contributed by atoms with van der Waals surface area (Å²) in [7, 11) is -3.48. The van der Waals surface area contributed by atoms with E-state index in [1.54, 1.807) is 16.9 Å². The molecule has 0 saturated carbocycles. The van der Waals surface area contributed by atoms with E-state index in [0.717, 1.165) is 55.0 Å². The third-order valence-electron chi connectivity index (χ3n) is 5.71. The second-order valence-corrected chi connectivity index (χ2v) is 11.1. The molecule has 1 saturated heterocycles. The first-order valence-electron chi connectivity index (χ1n) is 10.4. The molecule has 162 valence electrons. The van der Waals surface area contributed by atoms with Crippen LogP contribution in [0.4, 0.5) is 5.82 Å². The highest BCUT2D eigenvalue weighted by Crippen LogP contribution is 2.30. The van der Waals surface area contributed by atoms with Gasteiger partial charge in [0, 0.05) is 53.6 Å². The van der Waals surface area contributed by atoms with Crippen LogP contribution in [0.1, 0.15) is 6.42 Å². The average Bonchev–Trinajstić information content (AvgIpc) is 3.42. The Labute approximate surface area is 190 Å². The number of anilines is 1. The summed E-state index contributed by atoms with van der Waals surface area (Å²) in [6.45, 7) is 5.16. The van der Waals surface area contributed by atoms with Crippen molar-refractivity contribution in [2.45, 2.75) is 11.3 Å². The molecule has 1 aliphatic heterocycles. The molecule has 0 atom stereocenters. The lowest BCUT2D eigenvalue weighted by Crippen LogP contribution is -2.47. The predicted molar refractivity (Wildman–Crippen MR) is 130 cm³/mol. The first kappa shape index (κ1) is 20.8. The van der Waals surface area contributed by atoms with E-state index in [0.29, 0.717) is 11.4 Å². The minimum absolute atomic E-state index is 0.386. The van der Waals surface area contributed by atoms with Gasteiger partial charge < -0.3 is 4.90 Å². The molecule has 0 amide bonds. The maximum atomic E-state index is 12.7. The molecule has 1 aliphatic rings. The van der Waals surface area contributed by atoms with Gasteiger partial charge in [-0.15, -0.1) is 11.3 Å². The summed E-state index contributed by atoms with van der Waals surface area (Å²) >= 11 is 3.02. The molecule has 2 aromatic heterocycles. The molecule has 31 heavy (non-hydrogen) atoms. The van der Waals surface area contributed by atoms with Gasteiger partial charge in [0.1, 0.15) is 10.7 Å². The SMILES string of the molecule is O=S(=O)(NCCCN1CCN(c2nsc3ccccc23)CC1)c1csc2ccccc12. The van der Waals surface area contributed by atoms with Crippen LogP contribution in [-0.4, -0.2) is 57.0 Å². The quantitative estimate of drug-likeness (QED) is 0.412. The lowest BCUT2D eigenvalue weighted by molar-refractivity contribution is 0.255. The summed E-state index contributed by atoms with van der Waals surface area (Å²) in [6.07, 6.45) is 0.793. The fraction of sp³-hybridized carbons (Fsp3) is 0.318. The number of hydrogen-bond acceptors (Lipinski definition) is 7. The normalized spacial score (nSPS) is 15.8. The first-order chi connectivity index (χ1) is 15.1. The van der Waals surface area contributed by atoms with Gasteiger partial charge >= 0.3 is 0 Å². The topological polar surface area (TPSA) is 65.5 Å². The lowest BCUT2D eigenvalue weighted by Gasteiger charge is -2.35. The monoisotopic (exact) mass is 472 g/mol. The van der Waals surface area contributed by atoms with E-state index >= 15 is 0 Å². The van der Waals surface area contributed by atoms with Crippen LogP contribution >= 0.6 is 22.9 Å². The fourth-order valence-electron chi connectivity index (χ4n) is 4.03. The second-order valence-electron chi connectivity index (χ2n) is 7.68. The maximum Gasteiger partial charge on any atom is 0.242 e. The third kappa shape index (κ3) is 4.33. The van der Waals surface area contributed by atoms with E-state index in [2.05, 4.69) is 43.2 Å². The van der Waals surface area contributed by atoms with Gasteiger partial charge in [0.2, 0.25) is 10.0 Å². The minimum atomic E-state index is -3.48. The Morgan fingerprint density at radius 2 is 1.65 bits per heavy atom. The van der Waals surface area contributed by atoms with Gasteiger partial charge in [-0.25, -0.2) is 13.1 Å². The lowest BCUT2D eigenvalue weighted by atomic mass is 10.2. The van der Waals surface area contributed by atoms with Crippen molar-refractivity contribution in [2.75, 3.05) is 44.2 Å². The molecule has 0 radical (unpaired) electrons. The molecular formula is C22H24N4O2S3. The van der Waals surface area contributed by atoms with Gasteiger partial charge in [0.25, 0.3) is 0 Å². The van der Waals surface area contributed by atoms with Crippen molar-refractivity contribution < 1.29 is 8.42 Å². The molecule has 3 heterocycles. The number of hydrogen-bond donors (Lipinski definition) is 1. The molecule has 0 unspecified atom stereocenters. The van der Waals surface area contributed by atoms with Crippen molar-refractivity contribution in [1.29, 1.82) is 0 Å². The van der Waals surface area contributed by atoms with E-state index in [1.807, 2.05) is 24.3 Å². The molecule has 4 aromatic rings. The Hall–Kier alpha value is -2.04. The molecule has 2 aromatic carbocycles. The van der Waals surface area contributed by atoms with Gasteiger partial charge in [0.05, 0.1) is 4.70 Å². The summed E-state index contributed by atoms with van der Waals surface area (Å²) in [4.78, 5) is 5.15. The van der Waals surface area contributed by atoms with E-state index in [4.69, 9.17) is 0 Å². The molecule has 5 rings (SSSR count). The molecule has 1 fully saturated rings. The zero-order chi connectivity index (χ0) is 21.3. The van der Waals surface area contributed by atoms with Crippen LogP contribution in [-0.2, 0) is 10.0 Å². The van der Waals surface area contributed by atoms with Crippen LogP contribution in [0, 0.1) is 0 Å². The summed E-state index contributed by atoms with van der Waals surface area (Å²) in [5.74, 6) is 1.09. The highest BCUT2D eigenvalue weighted by molar-refractivity contribution is 7.90. The van der Waals surface area contributed by atoms with Crippen LogP contribution in [0.5, 0.6) is 0 Å². The minimum Gasteiger partial charge on any atom is -0.353 e. The van der Waals surface area contributed by atoms with Gasteiger partial charge in [-0.2, -0.15) is 4.37 Å². The van der Waals surface area contributed by atoms with E-state index in [1.165, 1.54) is 21.4 Å². The zero-order valence-corrected chi connectivity index (χ0v) is 19.5. The van der Waals surface area contributed by atoms with Crippen molar-refractivity contribution in [3.8, 4) is 0 Å². The number of nitrogens with one attached hydrogen (secondary N) is 1. The predicted octanol–water partition coefficient (Wildman–Crippen LogP) is 4.00. The Kier molecular flexibility index (Phi) is 5.94. The van der Waals surface area contributed by atoms with Gasteiger partial charge in [-0.1, -0.05) is 30.3 Å². The van der Waals surface area contributed by atoms with Crippen molar-refractivity contribution in [3.63, 3.8) is 0 Å². The van der Waals surface area contributed by atoms with E-state index < -0.39 is 10.0 Å². The first-order valence-corrected chi connectivity index (χ1v) is 13.5. The number of nitrogens with zero attached hydrogens (tertiary/aromatic N) is 3. The maximum absolute atomic E-state index is 12.7. The van der Waals surface area contributed by atoms with Gasteiger partial charge in [-0.3, -0.25) is 4.90 Å². The highest BCUT2D eigenvalue weighted by Gasteiger charge is 2.21. The van der Waals surface area contributed by atoms with Crippen LogP contribution in [0.3, 0.4) is 0 Å². The number of piperazine rings is 1. The smallest absolute Gasteiger partial charge is 0.242 e. The van der Waals surface area contributed by atoms with Crippen LogP contribution in [0.2, 0.25) is 0 Å². The van der Waals surface area contributed by atoms with Crippen molar-refractivity contribution >= 4 is 58.9 Å². The molecule has 0 bridgehead atoms. The summed E-state index contributed by atoms with van der Waals surface area (Å²) in [6, 6.07) is 16.0. The number of benzene rings is 2. The highest BCUT2D eigenvalue weighted by atomic mass is 32.2. The molecule has 0 spiro atoms. The summed E-state index contributed by atoms with van der Waals surface area (Å²) < 4.78 is 35.1. The number of sulfonamides is 1. The van der Waals surface area contributed by atoms with Crippen LogP contribution in [0.25, 0.3) is 20.2 Å². The molecule has 6 nitrogen and oxygen atoms in total. The average molecular weight is 473 g/mol. The van der Waals surface area contributed by atoms with Gasteiger partial charge in [-0.05, 0) is 42.7 Å². The van der Waals surface area contributed by atoms with Crippen molar-refractivity contribution in [1.82, 2.24) is 14.0 Å². The van der Waals surface area contributed by atoms with E-state index in [-0.39, 0.29) is 0 Å². The molecule has 0 aliphatic carbocycles. The summed E-state index contributed by atoms with van der Waals surface area (Å²) in [5, 5.41) is 3.76. The Morgan fingerprint density at radius 3 is 2.45 bits per heavy atom. The van der Waals surface area contributed by atoms with Crippen LogP contribution in [0.15, 0.2) is 58.8 Å². The second kappa shape index (κ2) is 8.84. The molecule has 1 N–H and O–H groups in total. The Bertz CT molecular complexity index is 1290. The van der Waals surface area contributed by atoms with Crippen LogP contribution < -0.4 is 9.62 Å². The molecule has 9 heteroatoms. The van der Waals surface area contributed by atoms with Gasteiger partial charge in [0.15, 0.2) is 0 Å². The standard InChI is InChI=1S/C22H24N4O2S3/c27-31(28,21-16-29-19-8-3-1-6-17(19)21)23-10-5-11-25-12-14-26(15-13-25)22-18-7-2-4-9-20(18)30-24-22/h1-4,6-9,16,23H,5,10-15H2. The number of rotatable bonds is 7.